The van der Waals surface area contributed by atoms with Crippen LogP contribution in [0.2, 0.25) is 0 Å². The molecule has 170 valence electrons. The molecule has 10 heteroatoms. The molecule has 3 N–H and O–H groups in total. The quantitative estimate of drug-likeness (QED) is 0.485. The Hall–Kier alpha value is -3.73. The van der Waals surface area contributed by atoms with Gasteiger partial charge in [-0.15, -0.1) is 0 Å². The number of hydrogen-bond donors (Lipinski definition) is 3. The maximum absolute atomic E-state index is 14.0. The summed E-state index contributed by atoms with van der Waals surface area (Å²) in [5.41, 5.74) is -8.62. The van der Waals surface area contributed by atoms with E-state index in [9.17, 15) is 33.8 Å². The van der Waals surface area contributed by atoms with Crippen LogP contribution in [0.25, 0.3) is 0 Å². The number of rotatable bonds is 5. The van der Waals surface area contributed by atoms with Gasteiger partial charge in [0.2, 0.25) is 23.0 Å². The van der Waals surface area contributed by atoms with Gasteiger partial charge in [0.25, 0.3) is 5.56 Å². The number of nitrogens with zero attached hydrogens (tertiary/aromatic N) is 1. The van der Waals surface area contributed by atoms with Crippen LogP contribution in [-0.4, -0.2) is 48.6 Å². The van der Waals surface area contributed by atoms with Crippen LogP contribution in [0.5, 0.6) is 0 Å². The summed E-state index contributed by atoms with van der Waals surface area (Å²) < 4.78 is 20.1. The number of Topliss-reactive ketones (excluding diaryl/α,β-unsaturated/α-hetero) is 2. The zero-order valence-electron chi connectivity index (χ0n) is 17.3. The molecule has 1 fully saturated rings. The zero-order chi connectivity index (χ0) is 24.0. The summed E-state index contributed by atoms with van der Waals surface area (Å²) in [6.45, 7) is 1.23. The van der Waals surface area contributed by atoms with Crippen LogP contribution in [0.4, 0.5) is 4.39 Å². The Labute approximate surface area is 185 Å². The molecular formula is C23H19FN2O7. The molecule has 0 unspecified atom stereocenters. The molecule has 1 aliphatic rings. The van der Waals surface area contributed by atoms with E-state index in [2.05, 4.69) is 0 Å². The molecule has 0 spiro atoms. The van der Waals surface area contributed by atoms with E-state index in [1.807, 2.05) is 0 Å². The number of benzene rings is 2. The fourth-order valence-electron chi connectivity index (χ4n) is 4.05. The van der Waals surface area contributed by atoms with Crippen molar-refractivity contribution >= 4 is 11.6 Å². The first-order valence-corrected chi connectivity index (χ1v) is 9.93. The highest BCUT2D eigenvalue weighted by molar-refractivity contribution is 6.13. The van der Waals surface area contributed by atoms with Gasteiger partial charge in [-0.1, -0.05) is 60.7 Å². The molecule has 1 saturated heterocycles. The number of hydrogen-bond acceptors (Lipinski definition) is 7. The summed E-state index contributed by atoms with van der Waals surface area (Å²) >= 11 is 0. The number of aliphatic hydroxyl groups is 2. The van der Waals surface area contributed by atoms with Gasteiger partial charge >= 0.3 is 5.69 Å². The molecule has 4 rings (SSSR count). The number of carbonyl (C=O) groups is 2. The van der Waals surface area contributed by atoms with Crippen molar-refractivity contribution in [2.45, 2.75) is 30.5 Å². The number of aromatic amines is 1. The minimum atomic E-state index is -3.07. The van der Waals surface area contributed by atoms with Crippen LogP contribution in [0.15, 0.2) is 76.4 Å². The SMILES string of the molecule is C[C@H]1O[C@@H](n2cc(F)c(=O)[nH]c2=O)[C@@](O)(C(=O)c2ccccc2)[C@@]1(O)C(=O)c1ccccc1. The first-order valence-electron chi connectivity index (χ1n) is 9.93. The molecule has 1 aromatic heterocycles. The van der Waals surface area contributed by atoms with Gasteiger partial charge in [-0.3, -0.25) is 23.9 Å². The Bertz CT molecular complexity index is 1340. The zero-order valence-corrected chi connectivity index (χ0v) is 17.3. The lowest BCUT2D eigenvalue weighted by Gasteiger charge is -2.38. The third-order valence-electron chi connectivity index (χ3n) is 5.80. The lowest BCUT2D eigenvalue weighted by molar-refractivity contribution is -0.105. The molecule has 2 heterocycles. The minimum Gasteiger partial charge on any atom is -0.376 e. The van der Waals surface area contributed by atoms with E-state index in [1.54, 1.807) is 17.1 Å². The second kappa shape index (κ2) is 8.00. The summed E-state index contributed by atoms with van der Waals surface area (Å²) in [7, 11) is 0. The van der Waals surface area contributed by atoms with E-state index in [0.717, 1.165) is 0 Å². The fourth-order valence-corrected chi connectivity index (χ4v) is 4.05. The molecular weight excluding hydrogens is 435 g/mol. The summed E-state index contributed by atoms with van der Waals surface area (Å²) in [4.78, 5) is 52.7. The van der Waals surface area contributed by atoms with E-state index in [1.165, 1.54) is 55.5 Å². The Morgan fingerprint density at radius 1 is 0.939 bits per heavy atom. The third kappa shape index (κ3) is 3.27. The van der Waals surface area contributed by atoms with Gasteiger partial charge in [0.15, 0.2) is 11.8 Å². The van der Waals surface area contributed by atoms with Gasteiger partial charge in [-0.25, -0.2) is 4.79 Å². The lowest BCUT2D eigenvalue weighted by Crippen LogP contribution is -2.66. The lowest BCUT2D eigenvalue weighted by atomic mass is 9.71. The number of ether oxygens (including phenoxy) is 1. The van der Waals surface area contributed by atoms with Crippen molar-refractivity contribution in [1.29, 1.82) is 0 Å². The van der Waals surface area contributed by atoms with Crippen molar-refractivity contribution < 1.29 is 28.9 Å². The average molecular weight is 454 g/mol. The number of nitrogens with one attached hydrogen (secondary N) is 1. The van der Waals surface area contributed by atoms with Crippen molar-refractivity contribution in [2.75, 3.05) is 0 Å². The Kier molecular flexibility index (Phi) is 5.44. The molecule has 0 aliphatic carbocycles. The summed E-state index contributed by atoms with van der Waals surface area (Å²) in [6.07, 6.45) is -3.12. The van der Waals surface area contributed by atoms with Crippen molar-refractivity contribution in [3.63, 3.8) is 0 Å². The molecule has 0 radical (unpaired) electrons. The second-order valence-electron chi connectivity index (χ2n) is 7.70. The first kappa shape index (κ1) is 22.5. The molecule has 0 bridgehead atoms. The highest BCUT2D eigenvalue weighted by Crippen LogP contribution is 2.48. The molecule has 2 aromatic carbocycles. The number of halogens is 1. The van der Waals surface area contributed by atoms with Crippen LogP contribution in [-0.2, 0) is 4.74 Å². The normalized spacial score (nSPS) is 26.8. The molecule has 0 amide bonds. The van der Waals surface area contributed by atoms with E-state index < -0.39 is 52.2 Å². The molecule has 4 atom stereocenters. The predicted molar refractivity (Wildman–Crippen MR) is 112 cm³/mol. The topological polar surface area (TPSA) is 139 Å². The van der Waals surface area contributed by atoms with Crippen molar-refractivity contribution in [3.05, 3.63) is 105 Å². The Morgan fingerprint density at radius 2 is 1.42 bits per heavy atom. The van der Waals surface area contributed by atoms with Crippen LogP contribution in [0.1, 0.15) is 33.9 Å². The average Bonchev–Trinajstić information content (AvgIpc) is 3.04. The maximum Gasteiger partial charge on any atom is 0.330 e. The highest BCUT2D eigenvalue weighted by atomic mass is 19.1. The molecule has 0 saturated carbocycles. The summed E-state index contributed by atoms with van der Waals surface area (Å²) in [6, 6.07) is 14.7. The van der Waals surface area contributed by atoms with Gasteiger partial charge < -0.3 is 14.9 Å². The van der Waals surface area contributed by atoms with Crippen molar-refractivity contribution in [1.82, 2.24) is 9.55 Å². The van der Waals surface area contributed by atoms with Crippen LogP contribution in [0.3, 0.4) is 0 Å². The number of aromatic nitrogens is 2. The minimum absolute atomic E-state index is 0.0321. The first-order chi connectivity index (χ1) is 15.6. The highest BCUT2D eigenvalue weighted by Gasteiger charge is 2.72. The van der Waals surface area contributed by atoms with Gasteiger partial charge in [0.1, 0.15) is 0 Å². The third-order valence-corrected chi connectivity index (χ3v) is 5.80. The van der Waals surface area contributed by atoms with Crippen molar-refractivity contribution in [3.8, 4) is 0 Å². The standard InChI is InChI=1S/C23H19FN2O7/c1-13-22(31,17(27)14-8-4-2-5-9-14)23(32,18(28)15-10-6-3-7-11-15)20(33-13)26-12-16(24)19(29)25-21(26)30/h2-13,20,31-32H,1H3,(H,25,29,30)/t13-,20-,22+,23+/m1/s1. The largest absolute Gasteiger partial charge is 0.376 e. The smallest absolute Gasteiger partial charge is 0.330 e. The van der Waals surface area contributed by atoms with Gasteiger partial charge in [-0.2, -0.15) is 4.39 Å². The number of ketones is 2. The molecule has 33 heavy (non-hydrogen) atoms. The molecule has 3 aromatic rings. The molecule has 9 nitrogen and oxygen atoms in total. The van der Waals surface area contributed by atoms with Gasteiger partial charge in [0, 0.05) is 11.1 Å². The van der Waals surface area contributed by atoms with E-state index in [-0.39, 0.29) is 11.1 Å². The van der Waals surface area contributed by atoms with Crippen LogP contribution >= 0.6 is 0 Å². The van der Waals surface area contributed by atoms with E-state index >= 15 is 0 Å². The predicted octanol–water partition coefficient (Wildman–Crippen LogP) is 0.821. The maximum atomic E-state index is 14.0. The van der Waals surface area contributed by atoms with Crippen molar-refractivity contribution in [2.24, 2.45) is 0 Å². The van der Waals surface area contributed by atoms with Crippen LogP contribution in [0, 0.1) is 5.82 Å². The monoisotopic (exact) mass is 454 g/mol. The summed E-state index contributed by atoms with van der Waals surface area (Å²) in [5, 5.41) is 23.5. The number of H-pyrrole nitrogens is 1. The molecule has 1 aliphatic heterocycles. The van der Waals surface area contributed by atoms with Crippen LogP contribution < -0.4 is 11.2 Å². The number of carbonyl (C=O) groups excluding carboxylic acids is 2. The van der Waals surface area contributed by atoms with E-state index in [0.29, 0.717) is 10.8 Å². The Balaban J connectivity index is 1.98. The fraction of sp³-hybridized carbons (Fsp3) is 0.217. The van der Waals surface area contributed by atoms with Gasteiger partial charge in [0.05, 0.1) is 12.3 Å². The second-order valence-corrected chi connectivity index (χ2v) is 7.70. The Morgan fingerprint density at radius 3 is 1.94 bits per heavy atom. The summed E-state index contributed by atoms with van der Waals surface area (Å²) in [5.74, 6) is -3.57. The van der Waals surface area contributed by atoms with E-state index in [4.69, 9.17) is 4.74 Å². The van der Waals surface area contributed by atoms with Gasteiger partial charge in [-0.05, 0) is 6.92 Å².